The van der Waals surface area contributed by atoms with Gasteiger partial charge in [-0.05, 0) is 98.9 Å². The summed E-state index contributed by atoms with van der Waals surface area (Å²) in [5.41, 5.74) is 5.29. The molecule has 5 aliphatic carbocycles. The lowest BCUT2D eigenvalue weighted by molar-refractivity contribution is -0.261. The highest BCUT2D eigenvalue weighted by Crippen LogP contribution is 2.78. The lowest BCUT2D eigenvalue weighted by Crippen LogP contribution is -2.80. The zero-order valence-electron chi connectivity index (χ0n) is 25.5. The second kappa shape index (κ2) is 9.97. The maximum absolute atomic E-state index is 12.8. The van der Waals surface area contributed by atoms with Crippen LogP contribution in [0.25, 0.3) is 0 Å². The Kier molecular flexibility index (Phi) is 6.44. The van der Waals surface area contributed by atoms with Crippen molar-refractivity contribution in [3.63, 3.8) is 0 Å². The molecule has 7 aliphatic rings. The van der Waals surface area contributed by atoms with Gasteiger partial charge in [0.2, 0.25) is 0 Å². The molecule has 7 heteroatoms. The molecule has 0 aromatic heterocycles. The average Bonchev–Trinajstić information content (AvgIpc) is 3.79. The van der Waals surface area contributed by atoms with E-state index in [0.29, 0.717) is 11.6 Å². The van der Waals surface area contributed by atoms with Gasteiger partial charge in [-0.25, -0.2) is 0 Å². The second-order valence-corrected chi connectivity index (χ2v) is 14.0. The fourth-order valence-electron chi connectivity index (χ4n) is 10.5. The van der Waals surface area contributed by atoms with Crippen LogP contribution in [-0.2, 0) is 16.6 Å². The number of hydrogen-bond donors (Lipinski definition) is 1. The quantitative estimate of drug-likeness (QED) is 0.319. The molecule has 3 aromatic carbocycles. The van der Waals surface area contributed by atoms with Crippen molar-refractivity contribution in [3.05, 3.63) is 89.0 Å². The molecule has 2 heterocycles. The van der Waals surface area contributed by atoms with E-state index in [1.807, 2.05) is 37.4 Å². The molecular weight excluding hydrogens is 572 g/mol. The molecule has 0 unspecified atom stereocenters. The van der Waals surface area contributed by atoms with Crippen molar-refractivity contribution in [2.45, 2.75) is 74.0 Å². The van der Waals surface area contributed by atoms with Gasteiger partial charge >= 0.3 is 0 Å². The number of hydrogen-bond acceptors (Lipinski definition) is 5. The predicted octanol–water partition coefficient (Wildman–Crippen LogP) is 6.76. The first kappa shape index (κ1) is 28.4. The number of anilines is 1. The number of carbonyl (C=O) groups is 1. The van der Waals surface area contributed by atoms with E-state index in [9.17, 15) is 4.79 Å². The molecule has 44 heavy (non-hydrogen) atoms. The maximum Gasteiger partial charge on any atom is 0.255 e. The van der Waals surface area contributed by atoms with E-state index >= 15 is 0 Å². The third-order valence-electron chi connectivity index (χ3n) is 12.5. The molecule has 0 radical (unpaired) electrons. The Hall–Kier alpha value is -3.06. The van der Waals surface area contributed by atoms with Crippen LogP contribution in [0.5, 0.6) is 11.5 Å². The first-order valence-corrected chi connectivity index (χ1v) is 16.2. The fraction of sp³-hybridized carbons (Fsp3) is 0.486. The second-order valence-electron chi connectivity index (χ2n) is 14.0. The van der Waals surface area contributed by atoms with Gasteiger partial charge in [-0.15, -0.1) is 12.4 Å². The van der Waals surface area contributed by atoms with Crippen LogP contribution >= 0.6 is 12.4 Å². The number of piperidine rings is 1. The number of likely N-dealkylation sites (tertiary alicyclic amines) is 1. The van der Waals surface area contributed by atoms with Gasteiger partial charge in [0, 0.05) is 53.3 Å². The predicted molar refractivity (Wildman–Crippen MR) is 172 cm³/mol. The highest BCUT2D eigenvalue weighted by atomic mass is 35.5. The minimum atomic E-state index is -0.432. The average molecular weight is 613 g/mol. The van der Waals surface area contributed by atoms with E-state index in [-0.39, 0.29) is 41.2 Å². The summed E-state index contributed by atoms with van der Waals surface area (Å²) in [5.74, 6) is 2.82. The lowest BCUT2D eigenvalue weighted by atomic mass is 9.34. The zero-order valence-corrected chi connectivity index (χ0v) is 26.3. The van der Waals surface area contributed by atoms with E-state index in [2.05, 4.69) is 46.6 Å². The highest BCUT2D eigenvalue weighted by molar-refractivity contribution is 6.04. The Morgan fingerprint density at radius 1 is 1.00 bits per heavy atom. The van der Waals surface area contributed by atoms with Gasteiger partial charge in [-0.2, -0.15) is 0 Å². The van der Waals surface area contributed by atoms with Crippen molar-refractivity contribution in [2.24, 2.45) is 11.3 Å². The first-order valence-electron chi connectivity index (χ1n) is 16.2. The van der Waals surface area contributed by atoms with Crippen LogP contribution in [0.15, 0.2) is 66.7 Å². The van der Waals surface area contributed by atoms with Gasteiger partial charge in [-0.1, -0.05) is 36.4 Å². The van der Waals surface area contributed by atoms with Crippen LogP contribution < -0.4 is 14.8 Å². The molecule has 1 saturated heterocycles. The summed E-state index contributed by atoms with van der Waals surface area (Å²) in [6.45, 7) is 2.38. The Labute approximate surface area is 265 Å². The third kappa shape index (κ3) is 3.59. The van der Waals surface area contributed by atoms with E-state index in [0.717, 1.165) is 55.3 Å². The van der Waals surface area contributed by atoms with Gasteiger partial charge in [-0.3, -0.25) is 9.69 Å². The summed E-state index contributed by atoms with van der Waals surface area (Å²) in [5, 5.41) is 3.08. The number of nitrogens with zero attached hydrogens (tertiary/aromatic N) is 1. The minimum Gasteiger partial charge on any atom is -0.493 e. The molecule has 1 N–H and O–H groups in total. The van der Waals surface area contributed by atoms with E-state index in [1.165, 1.54) is 42.5 Å². The Balaban J connectivity index is 0.00000289. The number of benzene rings is 3. The maximum atomic E-state index is 12.8. The molecule has 4 saturated carbocycles. The molecule has 230 valence electrons. The van der Waals surface area contributed by atoms with Gasteiger partial charge in [0.05, 0.1) is 7.11 Å². The molecule has 3 aromatic rings. The van der Waals surface area contributed by atoms with Crippen molar-refractivity contribution >= 4 is 24.0 Å². The minimum absolute atomic E-state index is 0. The Bertz CT molecular complexity index is 1610. The largest absolute Gasteiger partial charge is 0.493 e. The zero-order chi connectivity index (χ0) is 29.0. The topological polar surface area (TPSA) is 60.0 Å². The summed E-state index contributed by atoms with van der Waals surface area (Å²) in [7, 11) is 3.67. The van der Waals surface area contributed by atoms with Crippen LogP contribution in [0, 0.1) is 11.3 Å². The number of amides is 1. The summed E-state index contributed by atoms with van der Waals surface area (Å²) < 4.78 is 19.9. The molecular formula is C37H41ClN2O4. The van der Waals surface area contributed by atoms with Crippen molar-refractivity contribution in [2.75, 3.05) is 32.6 Å². The molecule has 4 bridgehead atoms. The van der Waals surface area contributed by atoms with Crippen LogP contribution in [-0.4, -0.2) is 55.9 Å². The number of halogens is 1. The number of nitrogens with one attached hydrogen (secondary N) is 1. The highest BCUT2D eigenvalue weighted by Gasteiger charge is 2.80. The lowest BCUT2D eigenvalue weighted by Gasteiger charge is -2.74. The smallest absolute Gasteiger partial charge is 0.255 e. The van der Waals surface area contributed by atoms with Gasteiger partial charge in [0.1, 0.15) is 11.7 Å². The van der Waals surface area contributed by atoms with Gasteiger partial charge < -0.3 is 19.5 Å². The van der Waals surface area contributed by atoms with Gasteiger partial charge in [0.25, 0.3) is 5.91 Å². The molecule has 10 rings (SSSR count). The molecule has 2 aliphatic heterocycles. The van der Waals surface area contributed by atoms with E-state index in [4.69, 9.17) is 14.2 Å². The Morgan fingerprint density at radius 2 is 1.80 bits per heavy atom. The Morgan fingerprint density at radius 3 is 2.52 bits per heavy atom. The third-order valence-corrected chi connectivity index (χ3v) is 12.5. The van der Waals surface area contributed by atoms with Gasteiger partial charge in [0.15, 0.2) is 11.5 Å². The SMILES string of the molecule is COc1ccc2c3c1O[C@H]1[C@@]4(OC)CC[C@@]5(C[C@@H]4c4ccc(NC(=O)c6ccccc6)cc4)[C@@H](C2)N(CC2CC2)CC[C@]315.Cl. The normalized spacial score (nSPS) is 34.0. The fourth-order valence-corrected chi connectivity index (χ4v) is 10.5. The number of rotatable bonds is 7. The van der Waals surface area contributed by atoms with Crippen LogP contribution in [0.3, 0.4) is 0 Å². The van der Waals surface area contributed by atoms with Crippen molar-refractivity contribution in [1.29, 1.82) is 0 Å². The number of carbonyl (C=O) groups excluding carboxylic acids is 1. The number of methoxy groups -OCH3 is 2. The number of ether oxygens (including phenoxy) is 3. The monoisotopic (exact) mass is 612 g/mol. The summed E-state index contributed by atoms with van der Waals surface area (Å²) in [6, 6.07) is 22.9. The standard InChI is InChI=1S/C37H40N2O4.ClH/c1-41-29-15-12-26-20-30-35-16-17-37(42-2,34-36(35,31(26)32(29)43-34)18-19-39(30)22-23-8-9-23)28(21-35)24-10-13-27(14-11-24)38-33(40)25-6-4-3-5-7-25;/h3-7,10-15,23,28,30,34H,8-9,16-22H2,1-2H3,(H,38,40);1H/t28-,30-,34-,35-,36+,37-;/m1./s1. The van der Waals surface area contributed by atoms with E-state index < -0.39 is 5.60 Å². The summed E-state index contributed by atoms with van der Waals surface area (Å²) in [4.78, 5) is 15.7. The molecule has 5 fully saturated rings. The first-order chi connectivity index (χ1) is 21.0. The number of fused-ring (bicyclic) bond motifs is 2. The van der Waals surface area contributed by atoms with Crippen molar-refractivity contribution in [1.82, 2.24) is 4.90 Å². The molecule has 1 amide bonds. The molecule has 6 nitrogen and oxygen atoms in total. The van der Waals surface area contributed by atoms with Crippen LogP contribution in [0.2, 0.25) is 0 Å². The van der Waals surface area contributed by atoms with Crippen LogP contribution in [0.1, 0.15) is 71.5 Å². The van der Waals surface area contributed by atoms with E-state index in [1.54, 1.807) is 7.11 Å². The summed E-state index contributed by atoms with van der Waals surface area (Å²) in [6.07, 6.45) is 8.19. The summed E-state index contributed by atoms with van der Waals surface area (Å²) >= 11 is 0. The molecule has 6 atom stereocenters. The van der Waals surface area contributed by atoms with Crippen molar-refractivity contribution < 1.29 is 19.0 Å². The molecule has 2 spiro atoms. The van der Waals surface area contributed by atoms with Crippen LogP contribution in [0.4, 0.5) is 5.69 Å². The van der Waals surface area contributed by atoms with Crippen molar-refractivity contribution in [3.8, 4) is 11.5 Å².